The number of nitrogens with two attached hydrogens (primary N) is 1. The van der Waals surface area contributed by atoms with Crippen LogP contribution in [0.5, 0.6) is 0 Å². The van der Waals surface area contributed by atoms with Gasteiger partial charge in [-0.05, 0) is 30.2 Å². The highest BCUT2D eigenvalue weighted by molar-refractivity contribution is 7.98. The van der Waals surface area contributed by atoms with E-state index in [0.717, 1.165) is 6.42 Å². The van der Waals surface area contributed by atoms with Crippen LogP contribution < -0.4 is 5.73 Å². The van der Waals surface area contributed by atoms with E-state index in [1.807, 2.05) is 11.3 Å². The SMILES string of the molecule is CCCCCCCC(N)c1cc2c(s1)CCSC2. The Morgan fingerprint density at radius 3 is 2.89 bits per heavy atom. The van der Waals surface area contributed by atoms with E-state index in [1.165, 1.54) is 54.9 Å². The zero-order valence-electron chi connectivity index (χ0n) is 11.4. The number of hydrogen-bond donors (Lipinski definition) is 1. The first-order valence-corrected chi connectivity index (χ1v) is 9.23. The molecule has 102 valence electrons. The molecule has 1 aliphatic heterocycles. The Kier molecular flexibility index (Phi) is 6.06. The highest BCUT2D eigenvalue weighted by Gasteiger charge is 2.16. The normalized spacial score (nSPS) is 16.6. The van der Waals surface area contributed by atoms with Gasteiger partial charge >= 0.3 is 0 Å². The van der Waals surface area contributed by atoms with Crippen molar-refractivity contribution in [1.82, 2.24) is 0 Å². The summed E-state index contributed by atoms with van der Waals surface area (Å²) in [5.41, 5.74) is 7.89. The molecule has 18 heavy (non-hydrogen) atoms. The summed E-state index contributed by atoms with van der Waals surface area (Å²) in [7, 11) is 0. The van der Waals surface area contributed by atoms with Crippen LogP contribution in [-0.4, -0.2) is 5.75 Å². The number of thioether (sulfide) groups is 1. The lowest BCUT2D eigenvalue weighted by molar-refractivity contribution is 0.559. The summed E-state index contributed by atoms with van der Waals surface area (Å²) in [5, 5.41) is 0. The maximum Gasteiger partial charge on any atom is 0.0389 e. The fourth-order valence-corrected chi connectivity index (χ4v) is 4.88. The van der Waals surface area contributed by atoms with Gasteiger partial charge in [-0.15, -0.1) is 11.3 Å². The third-order valence-electron chi connectivity index (χ3n) is 3.63. The van der Waals surface area contributed by atoms with Crippen molar-refractivity contribution in [2.24, 2.45) is 5.73 Å². The van der Waals surface area contributed by atoms with Crippen molar-refractivity contribution >= 4 is 23.1 Å². The number of aryl methyl sites for hydroxylation is 1. The summed E-state index contributed by atoms with van der Waals surface area (Å²) >= 11 is 4.03. The molecule has 1 aromatic heterocycles. The third-order valence-corrected chi connectivity index (χ3v) is 6.01. The van der Waals surface area contributed by atoms with E-state index < -0.39 is 0 Å². The Labute approximate surface area is 120 Å². The first kappa shape index (κ1) is 14.4. The van der Waals surface area contributed by atoms with Crippen LogP contribution in [0.4, 0.5) is 0 Å². The van der Waals surface area contributed by atoms with Gasteiger partial charge in [0, 0.05) is 21.5 Å². The topological polar surface area (TPSA) is 26.0 Å². The van der Waals surface area contributed by atoms with Gasteiger partial charge in [0.1, 0.15) is 0 Å². The molecule has 2 N–H and O–H groups in total. The van der Waals surface area contributed by atoms with Crippen LogP contribution in [0.15, 0.2) is 6.07 Å². The summed E-state index contributed by atoms with van der Waals surface area (Å²) in [5.74, 6) is 2.49. The molecule has 0 spiro atoms. The molecule has 2 heterocycles. The van der Waals surface area contributed by atoms with Gasteiger partial charge in [-0.2, -0.15) is 11.8 Å². The van der Waals surface area contributed by atoms with Gasteiger partial charge in [-0.1, -0.05) is 39.0 Å². The third kappa shape index (κ3) is 4.01. The maximum atomic E-state index is 6.33. The van der Waals surface area contributed by atoms with Crippen molar-refractivity contribution < 1.29 is 0 Å². The van der Waals surface area contributed by atoms with Crippen LogP contribution >= 0.6 is 23.1 Å². The maximum absolute atomic E-state index is 6.33. The van der Waals surface area contributed by atoms with Crippen LogP contribution in [0, 0.1) is 0 Å². The molecule has 1 aliphatic rings. The lowest BCUT2D eigenvalue weighted by Crippen LogP contribution is -2.08. The van der Waals surface area contributed by atoms with Crippen molar-refractivity contribution in [2.75, 3.05) is 5.75 Å². The fourth-order valence-electron chi connectivity index (χ4n) is 2.46. The molecular formula is C15H25NS2. The number of thiophene rings is 1. The first-order valence-electron chi connectivity index (χ1n) is 7.26. The van der Waals surface area contributed by atoms with E-state index in [-0.39, 0.29) is 6.04 Å². The first-order chi connectivity index (χ1) is 8.81. The molecule has 3 heteroatoms. The fraction of sp³-hybridized carbons (Fsp3) is 0.733. The van der Waals surface area contributed by atoms with Crippen LogP contribution in [0.25, 0.3) is 0 Å². The molecule has 0 aromatic carbocycles. The molecule has 1 unspecified atom stereocenters. The van der Waals surface area contributed by atoms with Gasteiger partial charge in [0.15, 0.2) is 0 Å². The Morgan fingerprint density at radius 2 is 2.11 bits per heavy atom. The highest BCUT2D eigenvalue weighted by Crippen LogP contribution is 2.35. The quantitative estimate of drug-likeness (QED) is 0.720. The number of unbranched alkanes of at least 4 members (excludes halogenated alkanes) is 4. The van der Waals surface area contributed by atoms with E-state index in [2.05, 4.69) is 24.8 Å². The Hall–Kier alpha value is 0.01000. The zero-order chi connectivity index (χ0) is 12.8. The van der Waals surface area contributed by atoms with Crippen LogP contribution in [-0.2, 0) is 12.2 Å². The summed E-state index contributed by atoms with van der Waals surface area (Å²) in [6.45, 7) is 2.26. The summed E-state index contributed by atoms with van der Waals surface area (Å²) < 4.78 is 0. The van der Waals surface area contributed by atoms with E-state index in [4.69, 9.17) is 5.73 Å². The lowest BCUT2D eigenvalue weighted by Gasteiger charge is -2.08. The van der Waals surface area contributed by atoms with Gasteiger partial charge in [-0.25, -0.2) is 0 Å². The Bertz CT molecular complexity index is 336. The minimum Gasteiger partial charge on any atom is -0.323 e. The van der Waals surface area contributed by atoms with Crippen LogP contribution in [0.3, 0.4) is 0 Å². The molecule has 0 fully saturated rings. The van der Waals surface area contributed by atoms with Crippen molar-refractivity contribution in [3.63, 3.8) is 0 Å². The smallest absolute Gasteiger partial charge is 0.0389 e. The molecule has 0 bridgehead atoms. The number of rotatable bonds is 7. The zero-order valence-corrected chi connectivity index (χ0v) is 13.0. The average Bonchev–Trinajstić information content (AvgIpc) is 2.82. The molecule has 0 saturated heterocycles. The van der Waals surface area contributed by atoms with E-state index in [0.29, 0.717) is 0 Å². The molecule has 0 saturated carbocycles. The number of hydrogen-bond acceptors (Lipinski definition) is 3. The lowest BCUT2D eigenvalue weighted by atomic mass is 10.1. The summed E-state index contributed by atoms with van der Waals surface area (Å²) in [4.78, 5) is 3.03. The van der Waals surface area contributed by atoms with Crippen molar-refractivity contribution in [3.05, 3.63) is 21.4 Å². The molecule has 2 rings (SSSR count). The predicted molar refractivity (Wildman–Crippen MR) is 84.5 cm³/mol. The monoisotopic (exact) mass is 283 g/mol. The van der Waals surface area contributed by atoms with Gasteiger partial charge in [0.2, 0.25) is 0 Å². The van der Waals surface area contributed by atoms with Crippen molar-refractivity contribution in [1.29, 1.82) is 0 Å². The second-order valence-corrected chi connectivity index (χ2v) is 7.48. The molecular weight excluding hydrogens is 258 g/mol. The Balaban J connectivity index is 1.78. The summed E-state index contributed by atoms with van der Waals surface area (Å²) in [6, 6.07) is 2.66. The van der Waals surface area contributed by atoms with Gasteiger partial charge in [0.25, 0.3) is 0 Å². The second kappa shape index (κ2) is 7.56. The predicted octanol–water partition coefficient (Wildman–Crippen LogP) is 4.90. The Morgan fingerprint density at radius 1 is 1.28 bits per heavy atom. The van der Waals surface area contributed by atoms with E-state index in [1.54, 1.807) is 10.4 Å². The minimum atomic E-state index is 0.284. The molecule has 1 atom stereocenters. The second-order valence-electron chi connectivity index (χ2n) is 5.21. The molecule has 0 radical (unpaired) electrons. The highest BCUT2D eigenvalue weighted by atomic mass is 32.2. The molecule has 0 aliphatic carbocycles. The van der Waals surface area contributed by atoms with E-state index >= 15 is 0 Å². The van der Waals surface area contributed by atoms with Crippen molar-refractivity contribution in [2.45, 2.75) is 63.7 Å². The average molecular weight is 284 g/mol. The minimum absolute atomic E-state index is 0.284. The molecule has 1 aromatic rings. The largest absolute Gasteiger partial charge is 0.323 e. The van der Waals surface area contributed by atoms with Gasteiger partial charge in [-0.3, -0.25) is 0 Å². The van der Waals surface area contributed by atoms with Crippen molar-refractivity contribution in [3.8, 4) is 0 Å². The van der Waals surface area contributed by atoms with Gasteiger partial charge < -0.3 is 5.73 Å². The van der Waals surface area contributed by atoms with E-state index in [9.17, 15) is 0 Å². The standard InChI is InChI=1S/C15H25NS2/c1-2-3-4-5-6-7-13(16)15-10-12-11-17-9-8-14(12)18-15/h10,13H,2-9,11,16H2,1H3. The molecule has 0 amide bonds. The molecule has 1 nitrogen and oxygen atoms in total. The van der Waals surface area contributed by atoms with Gasteiger partial charge in [0.05, 0.1) is 0 Å². The van der Waals surface area contributed by atoms with Crippen LogP contribution in [0.1, 0.15) is 66.8 Å². The van der Waals surface area contributed by atoms with Crippen LogP contribution in [0.2, 0.25) is 0 Å². The summed E-state index contributed by atoms with van der Waals surface area (Å²) in [6.07, 6.45) is 9.13. The number of fused-ring (bicyclic) bond motifs is 1.